The van der Waals surface area contributed by atoms with Crippen LogP contribution in [-0.2, 0) is 4.74 Å². The molecule has 1 heterocycles. The zero-order valence-corrected chi connectivity index (χ0v) is 10.5. The van der Waals surface area contributed by atoms with Gasteiger partial charge in [-0.2, -0.15) is 5.26 Å². The molecule has 1 aromatic carbocycles. The van der Waals surface area contributed by atoms with Gasteiger partial charge in [0.15, 0.2) is 0 Å². The molecule has 4 heteroatoms. The first-order valence-electron chi connectivity index (χ1n) is 5.78. The number of anilines is 1. The molecule has 1 N–H and O–H groups in total. The third-order valence-corrected chi connectivity index (χ3v) is 3.25. The first-order chi connectivity index (χ1) is 8.19. The van der Waals surface area contributed by atoms with Crippen molar-refractivity contribution in [3.05, 3.63) is 28.8 Å². The third-order valence-electron chi connectivity index (χ3n) is 2.94. The number of nitrogens with zero attached hydrogens (tertiary/aromatic N) is 1. The van der Waals surface area contributed by atoms with Gasteiger partial charge in [0, 0.05) is 6.54 Å². The molecule has 2 unspecified atom stereocenters. The number of benzene rings is 1. The summed E-state index contributed by atoms with van der Waals surface area (Å²) >= 11 is 6.07. The van der Waals surface area contributed by atoms with Crippen LogP contribution in [0.1, 0.15) is 25.3 Å². The van der Waals surface area contributed by atoms with Crippen molar-refractivity contribution in [2.45, 2.75) is 32.0 Å². The van der Waals surface area contributed by atoms with Crippen molar-refractivity contribution in [2.24, 2.45) is 0 Å². The van der Waals surface area contributed by atoms with E-state index in [4.69, 9.17) is 21.6 Å². The van der Waals surface area contributed by atoms with Crippen molar-refractivity contribution >= 4 is 17.3 Å². The molecule has 17 heavy (non-hydrogen) atoms. The SMILES string of the molecule is CC1CCC(CNc2ccc(C#N)cc2Cl)O1. The summed E-state index contributed by atoms with van der Waals surface area (Å²) in [6.07, 6.45) is 2.82. The smallest absolute Gasteiger partial charge is 0.0992 e. The van der Waals surface area contributed by atoms with Crippen LogP contribution in [0.25, 0.3) is 0 Å². The Morgan fingerprint density at radius 2 is 2.35 bits per heavy atom. The molecule has 0 amide bonds. The Labute approximate surface area is 106 Å². The average Bonchev–Trinajstić information content (AvgIpc) is 2.73. The van der Waals surface area contributed by atoms with Gasteiger partial charge in [-0.3, -0.25) is 0 Å². The second kappa shape index (κ2) is 5.39. The molecule has 1 aromatic rings. The van der Waals surface area contributed by atoms with E-state index in [1.165, 1.54) is 0 Å². The van der Waals surface area contributed by atoms with Crippen LogP contribution in [0.4, 0.5) is 5.69 Å². The predicted octanol–water partition coefficient (Wildman–Crippen LogP) is 3.19. The van der Waals surface area contributed by atoms with Crippen LogP contribution < -0.4 is 5.32 Å². The lowest BCUT2D eigenvalue weighted by molar-refractivity contribution is 0.0637. The molecule has 2 rings (SSSR count). The molecular weight excluding hydrogens is 236 g/mol. The van der Waals surface area contributed by atoms with Gasteiger partial charge in [0.1, 0.15) is 0 Å². The van der Waals surface area contributed by atoms with E-state index >= 15 is 0 Å². The van der Waals surface area contributed by atoms with Crippen molar-refractivity contribution in [1.82, 2.24) is 0 Å². The minimum atomic E-state index is 0.261. The van der Waals surface area contributed by atoms with Gasteiger partial charge < -0.3 is 10.1 Å². The van der Waals surface area contributed by atoms with Crippen LogP contribution in [0, 0.1) is 11.3 Å². The quantitative estimate of drug-likeness (QED) is 0.896. The molecule has 1 aliphatic rings. The molecule has 0 saturated carbocycles. The molecule has 1 saturated heterocycles. The first-order valence-corrected chi connectivity index (χ1v) is 6.16. The average molecular weight is 251 g/mol. The van der Waals surface area contributed by atoms with Gasteiger partial charge in [0.2, 0.25) is 0 Å². The summed E-state index contributed by atoms with van der Waals surface area (Å²) in [6, 6.07) is 7.32. The Bertz CT molecular complexity index is 442. The minimum Gasteiger partial charge on any atom is -0.381 e. The zero-order valence-electron chi connectivity index (χ0n) is 9.74. The van der Waals surface area contributed by atoms with Crippen LogP contribution in [0.2, 0.25) is 5.02 Å². The van der Waals surface area contributed by atoms with E-state index < -0.39 is 0 Å². The molecule has 0 aliphatic carbocycles. The highest BCUT2D eigenvalue weighted by atomic mass is 35.5. The van der Waals surface area contributed by atoms with E-state index in [1.807, 2.05) is 6.07 Å². The zero-order chi connectivity index (χ0) is 12.3. The number of nitriles is 1. The predicted molar refractivity (Wildman–Crippen MR) is 68.2 cm³/mol. The fraction of sp³-hybridized carbons (Fsp3) is 0.462. The molecule has 0 aromatic heterocycles. The van der Waals surface area contributed by atoms with Gasteiger partial charge >= 0.3 is 0 Å². The van der Waals surface area contributed by atoms with E-state index in [9.17, 15) is 0 Å². The Morgan fingerprint density at radius 3 is 2.94 bits per heavy atom. The monoisotopic (exact) mass is 250 g/mol. The van der Waals surface area contributed by atoms with Gasteiger partial charge in [0.05, 0.1) is 34.6 Å². The number of halogens is 1. The summed E-state index contributed by atoms with van der Waals surface area (Å²) in [5, 5.41) is 12.6. The Kier molecular flexibility index (Phi) is 3.88. The van der Waals surface area contributed by atoms with Gasteiger partial charge in [0.25, 0.3) is 0 Å². The highest BCUT2D eigenvalue weighted by Gasteiger charge is 2.21. The van der Waals surface area contributed by atoms with E-state index in [0.717, 1.165) is 25.1 Å². The second-order valence-corrected chi connectivity index (χ2v) is 4.74. The molecule has 3 nitrogen and oxygen atoms in total. The topological polar surface area (TPSA) is 45.0 Å². The Hall–Kier alpha value is -1.24. The van der Waals surface area contributed by atoms with Crippen molar-refractivity contribution in [2.75, 3.05) is 11.9 Å². The third kappa shape index (κ3) is 3.12. The van der Waals surface area contributed by atoms with Crippen LogP contribution in [0.3, 0.4) is 0 Å². The van der Waals surface area contributed by atoms with Crippen LogP contribution in [-0.4, -0.2) is 18.8 Å². The summed E-state index contributed by atoms with van der Waals surface area (Å²) in [4.78, 5) is 0. The molecule has 0 spiro atoms. The van der Waals surface area contributed by atoms with Crippen molar-refractivity contribution in [1.29, 1.82) is 5.26 Å². The number of nitrogens with one attached hydrogen (secondary N) is 1. The maximum absolute atomic E-state index is 8.74. The lowest BCUT2D eigenvalue weighted by atomic mass is 10.2. The Balaban J connectivity index is 1.93. The molecule has 2 atom stereocenters. The summed E-state index contributed by atoms with van der Waals surface area (Å²) in [7, 11) is 0. The number of ether oxygens (including phenoxy) is 1. The van der Waals surface area contributed by atoms with Gasteiger partial charge in [-0.15, -0.1) is 0 Å². The van der Waals surface area contributed by atoms with Crippen molar-refractivity contribution in [3.8, 4) is 6.07 Å². The van der Waals surface area contributed by atoms with Gasteiger partial charge in [-0.05, 0) is 38.0 Å². The van der Waals surface area contributed by atoms with E-state index in [2.05, 4.69) is 18.3 Å². The minimum absolute atomic E-state index is 0.261. The number of hydrogen-bond acceptors (Lipinski definition) is 3. The highest BCUT2D eigenvalue weighted by molar-refractivity contribution is 6.33. The molecule has 90 valence electrons. The fourth-order valence-electron chi connectivity index (χ4n) is 1.99. The first kappa shape index (κ1) is 12.2. The van der Waals surface area contributed by atoms with Crippen LogP contribution in [0.15, 0.2) is 18.2 Å². The Morgan fingerprint density at radius 1 is 1.53 bits per heavy atom. The molecule has 1 aliphatic heterocycles. The highest BCUT2D eigenvalue weighted by Crippen LogP contribution is 2.24. The lowest BCUT2D eigenvalue weighted by Gasteiger charge is -2.14. The maximum atomic E-state index is 8.74. The summed E-state index contributed by atoms with van der Waals surface area (Å²) in [5.74, 6) is 0. The fourth-order valence-corrected chi connectivity index (χ4v) is 2.23. The summed E-state index contributed by atoms with van der Waals surface area (Å²) in [5.41, 5.74) is 1.43. The molecule has 1 fully saturated rings. The van der Waals surface area contributed by atoms with Crippen LogP contribution in [0.5, 0.6) is 0 Å². The standard InChI is InChI=1S/C13H15ClN2O/c1-9-2-4-11(17-9)8-16-13-5-3-10(7-15)6-12(13)14/h3,5-6,9,11,16H,2,4,8H2,1H3. The largest absolute Gasteiger partial charge is 0.381 e. The molecule has 0 radical (unpaired) electrons. The molecular formula is C13H15ClN2O. The van der Waals surface area contributed by atoms with Crippen molar-refractivity contribution < 1.29 is 4.74 Å². The van der Waals surface area contributed by atoms with E-state index in [0.29, 0.717) is 16.7 Å². The van der Waals surface area contributed by atoms with E-state index in [1.54, 1.807) is 12.1 Å². The van der Waals surface area contributed by atoms with E-state index in [-0.39, 0.29) is 6.10 Å². The van der Waals surface area contributed by atoms with Crippen molar-refractivity contribution in [3.63, 3.8) is 0 Å². The van der Waals surface area contributed by atoms with Gasteiger partial charge in [-0.25, -0.2) is 0 Å². The second-order valence-electron chi connectivity index (χ2n) is 4.33. The summed E-state index contributed by atoms with van der Waals surface area (Å²) < 4.78 is 5.71. The molecule has 0 bridgehead atoms. The van der Waals surface area contributed by atoms with Crippen LogP contribution >= 0.6 is 11.6 Å². The van der Waals surface area contributed by atoms with Gasteiger partial charge in [-0.1, -0.05) is 11.6 Å². The number of rotatable bonds is 3. The lowest BCUT2D eigenvalue weighted by Crippen LogP contribution is -2.19. The summed E-state index contributed by atoms with van der Waals surface area (Å²) in [6.45, 7) is 2.85. The maximum Gasteiger partial charge on any atom is 0.0992 e. The number of hydrogen-bond donors (Lipinski definition) is 1. The normalized spacial score (nSPS) is 23.4.